The number of ether oxygens (including phenoxy) is 1. The Morgan fingerprint density at radius 2 is 2.06 bits per heavy atom. The van der Waals surface area contributed by atoms with Crippen LogP contribution in [0.15, 0.2) is 30.3 Å². The lowest BCUT2D eigenvalue weighted by molar-refractivity contribution is 0.274. The molecule has 18 heavy (non-hydrogen) atoms. The van der Waals surface area contributed by atoms with Gasteiger partial charge in [0.05, 0.1) is 12.3 Å². The van der Waals surface area contributed by atoms with Crippen LogP contribution in [0.4, 0.5) is 0 Å². The third-order valence-electron chi connectivity index (χ3n) is 2.48. The molecule has 4 nitrogen and oxygen atoms in total. The van der Waals surface area contributed by atoms with Gasteiger partial charge in [-0.25, -0.2) is 0 Å². The van der Waals surface area contributed by atoms with Crippen molar-refractivity contribution in [1.82, 2.24) is 10.2 Å². The summed E-state index contributed by atoms with van der Waals surface area (Å²) in [4.78, 5) is 0. The zero-order valence-electron chi connectivity index (χ0n) is 9.93. The van der Waals surface area contributed by atoms with Gasteiger partial charge in [0.15, 0.2) is 0 Å². The van der Waals surface area contributed by atoms with Crippen LogP contribution in [0.3, 0.4) is 0 Å². The van der Waals surface area contributed by atoms with Crippen molar-refractivity contribution in [2.45, 2.75) is 20.0 Å². The Kier molecular flexibility index (Phi) is 4.12. The number of halogens is 1. The van der Waals surface area contributed by atoms with Crippen LogP contribution in [0.2, 0.25) is 5.02 Å². The molecule has 94 valence electrons. The van der Waals surface area contributed by atoms with E-state index in [1.807, 2.05) is 13.0 Å². The van der Waals surface area contributed by atoms with E-state index in [1.165, 1.54) is 0 Å². The van der Waals surface area contributed by atoms with Crippen molar-refractivity contribution in [2.75, 3.05) is 0 Å². The number of nitrogens with zero attached hydrogens (tertiary/aromatic N) is 2. The van der Waals surface area contributed by atoms with Gasteiger partial charge < -0.3 is 9.84 Å². The van der Waals surface area contributed by atoms with Crippen molar-refractivity contribution in [3.63, 3.8) is 0 Å². The molecular formula is C13H13ClN2O2. The molecule has 1 heterocycles. The Hall–Kier alpha value is -1.65. The molecule has 2 aromatic rings. The fraction of sp³-hybridized carbons (Fsp3) is 0.231. The van der Waals surface area contributed by atoms with Crippen LogP contribution < -0.4 is 4.74 Å². The standard InChI is InChI=1S/C13H13ClN2O2/c1-2-9-7-11(4-5-12(9)14)18-13-6-3-10(8-17)15-16-13/h3-7,17H,2,8H2,1H3. The van der Waals surface area contributed by atoms with E-state index in [0.717, 1.165) is 17.0 Å². The first-order valence-electron chi connectivity index (χ1n) is 5.62. The van der Waals surface area contributed by atoms with Crippen molar-refractivity contribution in [3.8, 4) is 11.6 Å². The molecule has 0 spiro atoms. The Morgan fingerprint density at radius 3 is 2.67 bits per heavy atom. The number of hydrogen-bond donors (Lipinski definition) is 1. The highest BCUT2D eigenvalue weighted by Gasteiger charge is 2.04. The number of aryl methyl sites for hydroxylation is 1. The van der Waals surface area contributed by atoms with Gasteiger partial charge in [-0.05, 0) is 36.2 Å². The lowest BCUT2D eigenvalue weighted by atomic mass is 10.1. The third kappa shape index (κ3) is 2.97. The Balaban J connectivity index is 2.17. The molecule has 0 saturated carbocycles. The number of aromatic nitrogens is 2. The summed E-state index contributed by atoms with van der Waals surface area (Å²) < 4.78 is 5.56. The number of aliphatic hydroxyl groups excluding tert-OH is 1. The normalized spacial score (nSPS) is 10.4. The van der Waals surface area contributed by atoms with Gasteiger partial charge in [-0.15, -0.1) is 10.2 Å². The van der Waals surface area contributed by atoms with Gasteiger partial charge in [0.25, 0.3) is 0 Å². The molecule has 5 heteroatoms. The van der Waals surface area contributed by atoms with E-state index in [1.54, 1.807) is 24.3 Å². The summed E-state index contributed by atoms with van der Waals surface area (Å²) in [6, 6.07) is 8.79. The fourth-order valence-electron chi connectivity index (χ4n) is 1.49. The minimum Gasteiger partial charge on any atom is -0.438 e. The van der Waals surface area contributed by atoms with Gasteiger partial charge >= 0.3 is 0 Å². The average molecular weight is 265 g/mol. The highest BCUT2D eigenvalue weighted by Crippen LogP contribution is 2.25. The van der Waals surface area contributed by atoms with Gasteiger partial charge in [-0.3, -0.25) is 0 Å². The monoisotopic (exact) mass is 264 g/mol. The van der Waals surface area contributed by atoms with Gasteiger partial charge in [0.1, 0.15) is 5.75 Å². The zero-order chi connectivity index (χ0) is 13.0. The number of rotatable bonds is 4. The average Bonchev–Trinajstić information content (AvgIpc) is 2.42. The minimum atomic E-state index is -0.131. The molecule has 1 aromatic heterocycles. The van der Waals surface area contributed by atoms with Crippen LogP contribution in [-0.4, -0.2) is 15.3 Å². The van der Waals surface area contributed by atoms with E-state index in [2.05, 4.69) is 10.2 Å². The van der Waals surface area contributed by atoms with Crippen LogP contribution in [-0.2, 0) is 13.0 Å². The van der Waals surface area contributed by atoms with Gasteiger partial charge in [0, 0.05) is 11.1 Å². The number of benzene rings is 1. The SMILES string of the molecule is CCc1cc(Oc2ccc(CO)nn2)ccc1Cl. The highest BCUT2D eigenvalue weighted by atomic mass is 35.5. The number of aliphatic hydroxyl groups is 1. The predicted molar refractivity (Wildman–Crippen MR) is 68.9 cm³/mol. The molecule has 0 amide bonds. The van der Waals surface area contributed by atoms with Crippen molar-refractivity contribution >= 4 is 11.6 Å². The van der Waals surface area contributed by atoms with Crippen LogP contribution in [0.1, 0.15) is 18.2 Å². The summed E-state index contributed by atoms with van der Waals surface area (Å²) in [6.45, 7) is 1.90. The first kappa shape index (κ1) is 12.8. The molecule has 0 aliphatic carbocycles. The van der Waals surface area contributed by atoms with Crippen molar-refractivity contribution in [1.29, 1.82) is 0 Å². The Bertz CT molecular complexity index is 529. The third-order valence-corrected chi connectivity index (χ3v) is 2.85. The van der Waals surface area contributed by atoms with Crippen molar-refractivity contribution < 1.29 is 9.84 Å². The van der Waals surface area contributed by atoms with Crippen LogP contribution in [0.25, 0.3) is 0 Å². The molecule has 1 aromatic carbocycles. The van der Waals surface area contributed by atoms with E-state index in [9.17, 15) is 0 Å². The molecule has 0 bridgehead atoms. The van der Waals surface area contributed by atoms with Crippen LogP contribution in [0, 0.1) is 0 Å². The molecule has 0 atom stereocenters. The van der Waals surface area contributed by atoms with Gasteiger partial charge in [0.2, 0.25) is 5.88 Å². The topological polar surface area (TPSA) is 55.2 Å². The fourth-order valence-corrected chi connectivity index (χ4v) is 1.74. The predicted octanol–water partition coefficient (Wildman–Crippen LogP) is 2.98. The van der Waals surface area contributed by atoms with Gasteiger partial charge in [-0.2, -0.15) is 0 Å². The first-order valence-corrected chi connectivity index (χ1v) is 6.00. The van der Waals surface area contributed by atoms with Crippen molar-refractivity contribution in [2.24, 2.45) is 0 Å². The van der Waals surface area contributed by atoms with E-state index in [4.69, 9.17) is 21.4 Å². The van der Waals surface area contributed by atoms with E-state index in [0.29, 0.717) is 17.3 Å². The summed E-state index contributed by atoms with van der Waals surface area (Å²) >= 11 is 6.03. The molecule has 0 aliphatic heterocycles. The second kappa shape index (κ2) is 5.80. The number of hydrogen-bond acceptors (Lipinski definition) is 4. The van der Waals surface area contributed by atoms with E-state index in [-0.39, 0.29) is 6.61 Å². The molecule has 2 rings (SSSR count). The molecule has 0 radical (unpaired) electrons. The maximum Gasteiger partial charge on any atom is 0.238 e. The largest absolute Gasteiger partial charge is 0.438 e. The first-order chi connectivity index (χ1) is 8.72. The molecule has 0 unspecified atom stereocenters. The molecule has 0 saturated heterocycles. The maximum absolute atomic E-state index is 8.86. The minimum absolute atomic E-state index is 0.131. The molecule has 0 aliphatic rings. The second-order valence-corrected chi connectivity index (χ2v) is 4.14. The Labute approximate surface area is 110 Å². The quantitative estimate of drug-likeness (QED) is 0.922. The lowest BCUT2D eigenvalue weighted by Crippen LogP contribution is -1.95. The molecule has 0 fully saturated rings. The lowest BCUT2D eigenvalue weighted by Gasteiger charge is -2.07. The highest BCUT2D eigenvalue weighted by molar-refractivity contribution is 6.31. The summed E-state index contributed by atoms with van der Waals surface area (Å²) in [7, 11) is 0. The summed E-state index contributed by atoms with van der Waals surface area (Å²) in [5.41, 5.74) is 1.53. The summed E-state index contributed by atoms with van der Waals surface area (Å²) in [5, 5.41) is 17.2. The maximum atomic E-state index is 8.86. The second-order valence-electron chi connectivity index (χ2n) is 3.73. The van der Waals surface area contributed by atoms with Crippen LogP contribution in [0.5, 0.6) is 11.6 Å². The Morgan fingerprint density at radius 1 is 1.22 bits per heavy atom. The molecule has 1 N–H and O–H groups in total. The van der Waals surface area contributed by atoms with E-state index >= 15 is 0 Å². The summed E-state index contributed by atoms with van der Waals surface area (Å²) in [5.74, 6) is 1.05. The van der Waals surface area contributed by atoms with Crippen LogP contribution >= 0.6 is 11.6 Å². The van der Waals surface area contributed by atoms with E-state index < -0.39 is 0 Å². The smallest absolute Gasteiger partial charge is 0.238 e. The summed E-state index contributed by atoms with van der Waals surface area (Å²) in [6.07, 6.45) is 0.838. The van der Waals surface area contributed by atoms with Crippen molar-refractivity contribution in [3.05, 3.63) is 46.6 Å². The molecular weight excluding hydrogens is 252 g/mol. The van der Waals surface area contributed by atoms with Gasteiger partial charge in [-0.1, -0.05) is 18.5 Å². The zero-order valence-corrected chi connectivity index (χ0v) is 10.7.